The Hall–Kier alpha value is -6.29. The van der Waals surface area contributed by atoms with Gasteiger partial charge in [-0.2, -0.15) is 0 Å². The fourth-order valence-electron chi connectivity index (χ4n) is 9.00. The molecule has 4 aromatic rings. The molecule has 15 nitrogen and oxygen atoms in total. The van der Waals surface area contributed by atoms with Crippen LogP contribution in [-0.4, -0.2) is 94.9 Å². The van der Waals surface area contributed by atoms with Gasteiger partial charge in [-0.1, -0.05) is 32.1 Å². The van der Waals surface area contributed by atoms with Crippen molar-refractivity contribution in [2.45, 2.75) is 122 Å². The summed E-state index contributed by atoms with van der Waals surface area (Å²) >= 11 is 0. The summed E-state index contributed by atoms with van der Waals surface area (Å²) in [6.45, 7) is 11.3. The van der Waals surface area contributed by atoms with E-state index < -0.39 is 11.9 Å². The molecule has 0 amide bonds. The zero-order valence-electron chi connectivity index (χ0n) is 42.3. The Morgan fingerprint density at radius 1 is 0.479 bits per heavy atom. The third-order valence-electron chi connectivity index (χ3n) is 13.0. The van der Waals surface area contributed by atoms with Crippen molar-refractivity contribution in [1.82, 2.24) is 0 Å². The largest absolute Gasteiger partial charge is 0.491 e. The molecule has 0 saturated heterocycles. The molecule has 2 saturated carbocycles. The molecule has 0 spiro atoms. The number of esters is 5. The van der Waals surface area contributed by atoms with Crippen LogP contribution in [0.1, 0.15) is 110 Å². The number of benzene rings is 4. The molecule has 6 rings (SSSR count). The van der Waals surface area contributed by atoms with Gasteiger partial charge in [0, 0.05) is 37.7 Å². The van der Waals surface area contributed by atoms with Crippen LogP contribution in [0.15, 0.2) is 92.0 Å². The lowest BCUT2D eigenvalue weighted by molar-refractivity contribution is -0.142. The summed E-state index contributed by atoms with van der Waals surface area (Å²) in [7, 11) is 0. The monoisotopic (exact) mass is 1010 g/mol. The zero-order chi connectivity index (χ0) is 51.6. The number of hydrogen-bond donors (Lipinski definition) is 0. The Bertz CT molecular complexity index is 2410. The molecule has 4 aromatic carbocycles. The molecule has 394 valence electrons. The lowest BCUT2D eigenvalue weighted by atomic mass is 9.87. The molecule has 0 radical (unpaired) electrons. The summed E-state index contributed by atoms with van der Waals surface area (Å²) in [5.74, 6) is 0.361. The van der Waals surface area contributed by atoms with E-state index in [1.807, 2.05) is 36.4 Å². The van der Waals surface area contributed by atoms with Gasteiger partial charge in [0.05, 0.1) is 50.5 Å². The minimum Gasteiger partial charge on any atom is -0.491 e. The molecule has 0 aromatic heterocycles. The van der Waals surface area contributed by atoms with Crippen LogP contribution in [0.3, 0.4) is 0 Å². The first-order valence-corrected chi connectivity index (χ1v) is 26.0. The van der Waals surface area contributed by atoms with Gasteiger partial charge >= 0.3 is 29.8 Å². The average molecular weight is 1010 g/mol. The Balaban J connectivity index is 1.05. The second kappa shape index (κ2) is 30.7. The van der Waals surface area contributed by atoms with E-state index in [0.29, 0.717) is 87.5 Å². The normalized spacial score (nSPS) is 17.5. The van der Waals surface area contributed by atoms with Crippen LogP contribution < -0.4 is 18.9 Å². The summed E-state index contributed by atoms with van der Waals surface area (Å²) < 4.78 is 57.2. The van der Waals surface area contributed by atoms with Gasteiger partial charge in [-0.15, -0.1) is 0 Å². The first-order valence-electron chi connectivity index (χ1n) is 26.0. The van der Waals surface area contributed by atoms with Gasteiger partial charge < -0.3 is 47.4 Å². The Kier molecular flexibility index (Phi) is 23.5. The summed E-state index contributed by atoms with van der Waals surface area (Å²) in [5.41, 5.74) is 0. The summed E-state index contributed by atoms with van der Waals surface area (Å²) in [6, 6.07) is 20.2. The number of unbranched alkanes of at least 4 members (excludes halogenated alkanes) is 6. The van der Waals surface area contributed by atoms with Crippen molar-refractivity contribution in [1.29, 1.82) is 0 Å². The summed E-state index contributed by atoms with van der Waals surface area (Å²) in [5, 5.41) is 3.29. The first-order chi connectivity index (χ1) is 35.6. The molecule has 0 N–H and O–H groups in total. The van der Waals surface area contributed by atoms with Gasteiger partial charge in [-0.3, -0.25) is 14.4 Å². The SMILES string of the molecule is C=CC(=O)OCCCCCCOC1CCC(C(=O)Oc2ccc3c(c2)cc(Oc2ccc(OCCOCCOC(=O)C=C)cc2)c2cc(OC(=O)C4CCC(OCCCCCCOC(C)=O)CC4)ccc23)CC1. The number of carbonyl (C=O) groups excluding carboxylic acids is 5. The number of carbonyl (C=O) groups is 5. The standard InChI is InChI=1S/C58H72O15/c1-4-55(60)69-33-13-9-8-12-32-67-45-18-14-42(15-19-45)57(62)72-49-26-28-51-44(38-49)39-54(71-48-24-22-47(23-25-48)68-36-34-64-35-37-70-56(61)5-2)53-40-50(27-29-52(51)53)73-58(63)43-16-20-46(21-17-43)66-31-11-7-6-10-30-65-41(3)59/h4-5,22-29,38-40,42-43,45-46H,1-2,6-21,30-37H2,3H3. The van der Waals surface area contributed by atoms with Crippen LogP contribution in [-0.2, 0) is 52.4 Å². The van der Waals surface area contributed by atoms with Crippen LogP contribution in [0, 0.1) is 11.8 Å². The van der Waals surface area contributed by atoms with E-state index in [2.05, 4.69) is 13.2 Å². The Morgan fingerprint density at radius 3 is 1.52 bits per heavy atom. The fourth-order valence-corrected chi connectivity index (χ4v) is 9.00. The first kappa shape index (κ1) is 56.0. The van der Waals surface area contributed by atoms with E-state index in [1.165, 1.54) is 13.0 Å². The second-order valence-electron chi connectivity index (χ2n) is 18.4. The average Bonchev–Trinajstić information content (AvgIpc) is 3.40. The highest BCUT2D eigenvalue weighted by Gasteiger charge is 2.30. The molecule has 73 heavy (non-hydrogen) atoms. The molecule has 15 heteroatoms. The van der Waals surface area contributed by atoms with Gasteiger partial charge in [0.2, 0.25) is 0 Å². The third-order valence-corrected chi connectivity index (χ3v) is 13.0. The summed E-state index contributed by atoms with van der Waals surface area (Å²) in [4.78, 5) is 60.4. The number of fused-ring (bicyclic) bond motifs is 3. The lowest BCUT2D eigenvalue weighted by Gasteiger charge is -2.27. The van der Waals surface area contributed by atoms with Crippen molar-refractivity contribution in [2.24, 2.45) is 11.8 Å². The number of rotatable bonds is 31. The third kappa shape index (κ3) is 19.2. The second-order valence-corrected chi connectivity index (χ2v) is 18.4. The van der Waals surface area contributed by atoms with Crippen molar-refractivity contribution in [3.63, 3.8) is 0 Å². The van der Waals surface area contributed by atoms with Gasteiger partial charge in [-0.05, 0) is 167 Å². The quantitative estimate of drug-likeness (QED) is 0.0116. The minimum absolute atomic E-state index is 0.116. The van der Waals surface area contributed by atoms with E-state index >= 15 is 0 Å². The van der Waals surface area contributed by atoms with E-state index in [9.17, 15) is 24.0 Å². The van der Waals surface area contributed by atoms with Crippen LogP contribution >= 0.6 is 0 Å². The molecule has 0 aliphatic heterocycles. The van der Waals surface area contributed by atoms with Crippen LogP contribution in [0.5, 0.6) is 28.7 Å². The molecular weight excluding hydrogens is 937 g/mol. The van der Waals surface area contributed by atoms with Crippen molar-refractivity contribution >= 4 is 51.4 Å². The van der Waals surface area contributed by atoms with Crippen molar-refractivity contribution in [2.75, 3.05) is 52.9 Å². The molecule has 0 bridgehead atoms. The van der Waals surface area contributed by atoms with E-state index in [-0.39, 0.29) is 61.8 Å². The molecule has 2 aliphatic carbocycles. The van der Waals surface area contributed by atoms with Crippen molar-refractivity contribution < 1.29 is 71.3 Å². The lowest BCUT2D eigenvalue weighted by Crippen LogP contribution is -2.29. The maximum atomic E-state index is 13.6. The number of ether oxygens (including phenoxy) is 10. The molecule has 0 heterocycles. The van der Waals surface area contributed by atoms with Gasteiger partial charge in [0.15, 0.2) is 0 Å². The zero-order valence-corrected chi connectivity index (χ0v) is 42.3. The smallest absolute Gasteiger partial charge is 0.330 e. The fraction of sp³-hybridized carbons (Fsp3) is 0.500. The maximum Gasteiger partial charge on any atom is 0.330 e. The van der Waals surface area contributed by atoms with Gasteiger partial charge in [0.25, 0.3) is 0 Å². The highest BCUT2D eigenvalue weighted by atomic mass is 16.6. The van der Waals surface area contributed by atoms with Gasteiger partial charge in [-0.25, -0.2) is 9.59 Å². The van der Waals surface area contributed by atoms with E-state index in [4.69, 9.17) is 47.4 Å². The Morgan fingerprint density at radius 2 is 0.959 bits per heavy atom. The molecule has 0 atom stereocenters. The van der Waals surface area contributed by atoms with E-state index in [0.717, 1.165) is 105 Å². The van der Waals surface area contributed by atoms with Crippen molar-refractivity contribution in [3.05, 3.63) is 92.0 Å². The molecule has 2 aliphatic rings. The Labute approximate surface area is 428 Å². The van der Waals surface area contributed by atoms with Crippen LogP contribution in [0.4, 0.5) is 0 Å². The predicted molar refractivity (Wildman–Crippen MR) is 275 cm³/mol. The van der Waals surface area contributed by atoms with Gasteiger partial charge in [0.1, 0.15) is 42.0 Å². The highest BCUT2D eigenvalue weighted by Crippen LogP contribution is 2.40. The topological polar surface area (TPSA) is 178 Å². The highest BCUT2D eigenvalue weighted by molar-refractivity contribution is 6.11. The van der Waals surface area contributed by atoms with Crippen molar-refractivity contribution in [3.8, 4) is 28.7 Å². The molecule has 2 fully saturated rings. The predicted octanol–water partition coefficient (Wildman–Crippen LogP) is 11.3. The van der Waals surface area contributed by atoms with Crippen LogP contribution in [0.2, 0.25) is 0 Å². The summed E-state index contributed by atoms with van der Waals surface area (Å²) in [6.07, 6.45) is 15.9. The maximum absolute atomic E-state index is 13.6. The molecule has 0 unspecified atom stereocenters. The van der Waals surface area contributed by atoms with E-state index in [1.54, 1.807) is 30.3 Å². The number of hydrogen-bond acceptors (Lipinski definition) is 15. The molecular formula is C58H72O15. The minimum atomic E-state index is -0.502. The van der Waals surface area contributed by atoms with Crippen LogP contribution in [0.25, 0.3) is 21.5 Å².